The van der Waals surface area contributed by atoms with Gasteiger partial charge in [-0.25, -0.2) is 4.79 Å². The van der Waals surface area contributed by atoms with Crippen LogP contribution in [0.3, 0.4) is 0 Å². The Morgan fingerprint density at radius 3 is 2.68 bits per heavy atom. The Bertz CT molecular complexity index is 824. The van der Waals surface area contributed by atoms with Crippen molar-refractivity contribution >= 4 is 29.2 Å². The topological polar surface area (TPSA) is 60.3 Å². The average molecular weight is 361 g/mol. The maximum absolute atomic E-state index is 12.8. The zero-order chi connectivity index (χ0) is 18.6. The summed E-state index contributed by atoms with van der Waals surface area (Å²) in [4.78, 5) is 25.1. The summed E-state index contributed by atoms with van der Waals surface area (Å²) in [6, 6.07) is 6.90. The van der Waals surface area contributed by atoms with E-state index >= 15 is 0 Å². The largest absolute Gasteiger partial charge is 0.461 e. The molecule has 0 saturated carbocycles. The minimum absolute atomic E-state index is 0.265. The lowest BCUT2D eigenvalue weighted by molar-refractivity contribution is 0.0513. The highest BCUT2D eigenvalue weighted by Gasteiger charge is 2.26. The van der Waals surface area contributed by atoms with Crippen LogP contribution in [0.4, 0.5) is 5.69 Å². The van der Waals surface area contributed by atoms with Crippen LogP contribution in [0, 0.1) is 13.8 Å². The van der Waals surface area contributed by atoms with Crippen molar-refractivity contribution in [2.24, 2.45) is 0 Å². The molecule has 6 heteroatoms. The van der Waals surface area contributed by atoms with Gasteiger partial charge in [-0.3, -0.25) is 4.79 Å². The van der Waals surface area contributed by atoms with Crippen molar-refractivity contribution < 1.29 is 14.3 Å². The molecule has 0 saturated heterocycles. The van der Waals surface area contributed by atoms with Gasteiger partial charge in [0, 0.05) is 22.9 Å². The van der Waals surface area contributed by atoms with Gasteiger partial charge >= 0.3 is 5.97 Å². The summed E-state index contributed by atoms with van der Waals surface area (Å²) in [5.74, 6) is -0.752. The van der Waals surface area contributed by atoms with Gasteiger partial charge in [-0.1, -0.05) is 23.7 Å². The highest BCUT2D eigenvalue weighted by Crippen LogP contribution is 2.25. The van der Waals surface area contributed by atoms with E-state index in [-0.39, 0.29) is 12.5 Å². The summed E-state index contributed by atoms with van der Waals surface area (Å²) in [6.07, 6.45) is 1.67. The molecule has 1 aromatic heterocycles. The quantitative estimate of drug-likeness (QED) is 0.614. The zero-order valence-corrected chi connectivity index (χ0v) is 15.3. The van der Waals surface area contributed by atoms with E-state index in [1.807, 2.05) is 0 Å². The molecule has 2 aromatic rings. The molecule has 0 spiro atoms. The van der Waals surface area contributed by atoms with E-state index < -0.39 is 5.97 Å². The van der Waals surface area contributed by atoms with Crippen LogP contribution in [0.15, 0.2) is 36.9 Å². The molecule has 0 aliphatic heterocycles. The number of hydrogen-bond acceptors (Lipinski definition) is 3. The third-order valence-corrected chi connectivity index (χ3v) is 4.09. The highest BCUT2D eigenvalue weighted by molar-refractivity contribution is 6.31. The zero-order valence-electron chi connectivity index (χ0n) is 14.6. The highest BCUT2D eigenvalue weighted by atomic mass is 35.5. The van der Waals surface area contributed by atoms with Crippen LogP contribution in [0.2, 0.25) is 5.02 Å². The van der Waals surface area contributed by atoms with Gasteiger partial charge < -0.3 is 14.6 Å². The lowest BCUT2D eigenvalue weighted by Crippen LogP contribution is -2.14. The molecule has 1 N–H and O–H groups in total. The third kappa shape index (κ3) is 3.94. The molecule has 0 fully saturated rings. The number of carbonyl (C=O) groups is 2. The molecular formula is C19H21ClN2O3. The Labute approximate surface area is 152 Å². The molecule has 0 aliphatic carbocycles. The number of esters is 1. The van der Waals surface area contributed by atoms with Crippen LogP contribution in [-0.2, 0) is 11.3 Å². The number of carbonyl (C=O) groups excluding carboxylic acids is 2. The Kier molecular flexibility index (Phi) is 6.04. The molecule has 0 aliphatic rings. The molecule has 1 aromatic carbocycles. The van der Waals surface area contributed by atoms with Crippen LogP contribution in [0.5, 0.6) is 0 Å². The van der Waals surface area contributed by atoms with Crippen molar-refractivity contribution in [1.82, 2.24) is 4.57 Å². The number of amides is 1. The third-order valence-electron chi connectivity index (χ3n) is 3.86. The summed E-state index contributed by atoms with van der Waals surface area (Å²) in [7, 11) is 0. The second-order valence-electron chi connectivity index (χ2n) is 5.52. The van der Waals surface area contributed by atoms with Crippen LogP contribution in [-0.4, -0.2) is 23.1 Å². The van der Waals surface area contributed by atoms with Gasteiger partial charge in [-0.05, 0) is 44.5 Å². The second kappa shape index (κ2) is 8.03. The molecule has 25 heavy (non-hydrogen) atoms. The summed E-state index contributed by atoms with van der Waals surface area (Å²) in [6.45, 7) is 9.67. The van der Waals surface area contributed by atoms with Crippen LogP contribution < -0.4 is 5.32 Å². The number of anilines is 1. The smallest absolute Gasteiger partial charge is 0.355 e. The molecule has 0 radical (unpaired) electrons. The van der Waals surface area contributed by atoms with E-state index in [9.17, 15) is 9.59 Å². The van der Waals surface area contributed by atoms with E-state index in [4.69, 9.17) is 16.3 Å². The van der Waals surface area contributed by atoms with Gasteiger partial charge in [0.1, 0.15) is 5.69 Å². The molecule has 132 valence electrons. The molecule has 0 bridgehead atoms. The Morgan fingerprint density at radius 1 is 1.36 bits per heavy atom. The number of aromatic nitrogens is 1. The molecule has 1 amide bonds. The first-order valence-corrected chi connectivity index (χ1v) is 8.33. The van der Waals surface area contributed by atoms with E-state index in [2.05, 4.69) is 11.9 Å². The lowest BCUT2D eigenvalue weighted by Gasteiger charge is -2.09. The number of ether oxygens (including phenoxy) is 1. The number of rotatable bonds is 6. The lowest BCUT2D eigenvalue weighted by atomic mass is 10.1. The fourth-order valence-electron chi connectivity index (χ4n) is 2.81. The SMILES string of the molecule is C=CCn1c(C)c(C(=O)Nc2cccc(Cl)c2)c(C)c1C(=O)OCC. The fourth-order valence-corrected chi connectivity index (χ4v) is 3.00. The molecule has 5 nitrogen and oxygen atoms in total. The van der Waals surface area contributed by atoms with E-state index in [0.29, 0.717) is 39.8 Å². The fraction of sp³-hybridized carbons (Fsp3) is 0.263. The van der Waals surface area contributed by atoms with E-state index in [0.717, 1.165) is 0 Å². The normalized spacial score (nSPS) is 10.4. The van der Waals surface area contributed by atoms with Crippen molar-refractivity contribution in [2.75, 3.05) is 11.9 Å². The van der Waals surface area contributed by atoms with Gasteiger partial charge in [0.25, 0.3) is 5.91 Å². The van der Waals surface area contributed by atoms with Crippen molar-refractivity contribution in [1.29, 1.82) is 0 Å². The number of benzene rings is 1. The van der Waals surface area contributed by atoms with Gasteiger partial charge in [0.15, 0.2) is 0 Å². The number of nitrogens with one attached hydrogen (secondary N) is 1. The predicted molar refractivity (Wildman–Crippen MR) is 99.5 cm³/mol. The maximum atomic E-state index is 12.8. The minimum atomic E-state index is -0.452. The van der Waals surface area contributed by atoms with Gasteiger partial charge in [0.2, 0.25) is 0 Å². The van der Waals surface area contributed by atoms with E-state index in [1.165, 1.54) is 0 Å². The summed E-state index contributed by atoms with van der Waals surface area (Å²) in [5.41, 5.74) is 2.67. The summed E-state index contributed by atoms with van der Waals surface area (Å²) >= 11 is 5.96. The van der Waals surface area contributed by atoms with Crippen LogP contribution in [0.25, 0.3) is 0 Å². The second-order valence-corrected chi connectivity index (χ2v) is 5.95. The Morgan fingerprint density at radius 2 is 2.08 bits per heavy atom. The number of halogens is 1. The van der Waals surface area contributed by atoms with Crippen LogP contribution >= 0.6 is 11.6 Å². The van der Waals surface area contributed by atoms with Crippen molar-refractivity contribution in [3.63, 3.8) is 0 Å². The first kappa shape index (κ1) is 18.8. The monoisotopic (exact) mass is 360 g/mol. The average Bonchev–Trinajstić information content (AvgIpc) is 2.78. The van der Waals surface area contributed by atoms with Crippen LogP contribution in [0.1, 0.15) is 39.0 Å². The number of allylic oxidation sites excluding steroid dienone is 1. The Hall–Kier alpha value is -2.53. The summed E-state index contributed by atoms with van der Waals surface area (Å²) < 4.78 is 6.88. The van der Waals surface area contributed by atoms with Crippen molar-refractivity contribution in [2.45, 2.75) is 27.3 Å². The van der Waals surface area contributed by atoms with Gasteiger partial charge in [-0.15, -0.1) is 6.58 Å². The minimum Gasteiger partial charge on any atom is -0.461 e. The predicted octanol–water partition coefficient (Wildman–Crippen LogP) is 4.37. The molecule has 1 heterocycles. The van der Waals surface area contributed by atoms with E-state index in [1.54, 1.807) is 55.7 Å². The first-order valence-electron chi connectivity index (χ1n) is 7.95. The molecule has 2 rings (SSSR count). The number of hydrogen-bond donors (Lipinski definition) is 1. The maximum Gasteiger partial charge on any atom is 0.355 e. The van der Waals surface area contributed by atoms with Gasteiger partial charge in [0.05, 0.1) is 12.2 Å². The van der Waals surface area contributed by atoms with Crippen molar-refractivity contribution in [3.05, 3.63) is 64.5 Å². The first-order chi connectivity index (χ1) is 11.9. The Balaban J connectivity index is 2.46. The number of nitrogens with zero attached hydrogens (tertiary/aromatic N) is 1. The van der Waals surface area contributed by atoms with Crippen molar-refractivity contribution in [3.8, 4) is 0 Å². The van der Waals surface area contributed by atoms with Gasteiger partial charge in [-0.2, -0.15) is 0 Å². The molecule has 0 unspecified atom stereocenters. The standard InChI is InChI=1S/C19H21ClN2O3/c1-5-10-22-13(4)16(12(3)17(22)19(24)25-6-2)18(23)21-15-9-7-8-14(20)11-15/h5,7-9,11H,1,6,10H2,2-4H3,(H,21,23). The molecular weight excluding hydrogens is 340 g/mol. The summed E-state index contributed by atoms with van der Waals surface area (Å²) in [5, 5.41) is 3.35. The molecule has 0 atom stereocenters.